The van der Waals surface area contributed by atoms with Gasteiger partial charge in [-0.1, -0.05) is 42.7 Å². The number of carboxylic acid groups (broad SMARTS) is 1. The number of rotatable bonds is 5. The van der Waals surface area contributed by atoms with Crippen LogP contribution in [0.15, 0.2) is 30.3 Å². The number of nitrogens with one attached hydrogen (secondary N) is 1. The van der Waals surface area contributed by atoms with Crippen LogP contribution in [0.5, 0.6) is 0 Å². The highest BCUT2D eigenvalue weighted by molar-refractivity contribution is 5.70. The van der Waals surface area contributed by atoms with Gasteiger partial charge in [-0.05, 0) is 32.6 Å². The van der Waals surface area contributed by atoms with Crippen molar-refractivity contribution in [3.63, 3.8) is 0 Å². The third-order valence-electron chi connectivity index (χ3n) is 4.96. The molecule has 0 amide bonds. The minimum atomic E-state index is -0.675. The van der Waals surface area contributed by atoms with Crippen molar-refractivity contribution in [1.29, 1.82) is 0 Å². The van der Waals surface area contributed by atoms with E-state index in [1.54, 1.807) is 0 Å². The molecule has 3 rings (SSSR count). The quantitative estimate of drug-likeness (QED) is 0.859. The second-order valence-electron chi connectivity index (χ2n) is 6.92. The van der Waals surface area contributed by atoms with Crippen molar-refractivity contribution in [2.24, 2.45) is 11.8 Å². The van der Waals surface area contributed by atoms with Crippen LogP contribution in [-0.2, 0) is 4.79 Å². The lowest BCUT2D eigenvalue weighted by molar-refractivity contribution is -0.144. The van der Waals surface area contributed by atoms with Crippen molar-refractivity contribution < 1.29 is 9.90 Å². The van der Waals surface area contributed by atoms with Crippen LogP contribution in [-0.4, -0.2) is 27.6 Å². The summed E-state index contributed by atoms with van der Waals surface area (Å²) in [4.78, 5) is 20.4. The summed E-state index contributed by atoms with van der Waals surface area (Å²) in [6, 6.07) is 10.2. The van der Waals surface area contributed by atoms with Gasteiger partial charge in [-0.3, -0.25) is 4.79 Å². The van der Waals surface area contributed by atoms with E-state index in [0.717, 1.165) is 42.8 Å². The first-order valence-electron chi connectivity index (χ1n) is 8.92. The van der Waals surface area contributed by atoms with E-state index in [2.05, 4.69) is 46.5 Å². The number of aromatic nitrogens is 2. The standard InChI is InChI=1S/C20H25N3O2/c1-13-7-9-15(10-8-13)18-11-19(23-14(2)22-18)21-12-16-5-3-4-6-17(16)20(24)25/h7-11,16-17H,3-6,12H2,1-2H3,(H,24,25)(H,21,22,23)/t16-,17-/m0/s1. The third kappa shape index (κ3) is 4.35. The van der Waals surface area contributed by atoms with E-state index in [1.165, 1.54) is 5.56 Å². The number of nitrogens with zero attached hydrogens (tertiary/aromatic N) is 2. The number of carbonyl (C=O) groups is 1. The van der Waals surface area contributed by atoms with Gasteiger partial charge in [-0.2, -0.15) is 0 Å². The Morgan fingerprint density at radius 2 is 1.88 bits per heavy atom. The second-order valence-corrected chi connectivity index (χ2v) is 6.92. The molecule has 0 bridgehead atoms. The predicted octanol–water partition coefficient (Wildman–Crippen LogP) is 4.06. The van der Waals surface area contributed by atoms with E-state index >= 15 is 0 Å². The van der Waals surface area contributed by atoms with Crippen LogP contribution < -0.4 is 5.32 Å². The molecule has 5 nitrogen and oxygen atoms in total. The number of carboxylic acids is 1. The molecule has 1 heterocycles. The van der Waals surface area contributed by atoms with E-state index in [-0.39, 0.29) is 11.8 Å². The highest BCUT2D eigenvalue weighted by atomic mass is 16.4. The fourth-order valence-corrected chi connectivity index (χ4v) is 3.54. The molecule has 1 aliphatic carbocycles. The Kier molecular flexibility index (Phi) is 5.31. The van der Waals surface area contributed by atoms with Crippen LogP contribution in [0.2, 0.25) is 0 Å². The lowest BCUT2D eigenvalue weighted by atomic mass is 9.79. The van der Waals surface area contributed by atoms with Gasteiger partial charge in [-0.25, -0.2) is 9.97 Å². The van der Waals surface area contributed by atoms with Crippen LogP contribution in [0.1, 0.15) is 37.1 Å². The first-order valence-corrected chi connectivity index (χ1v) is 8.92. The normalized spacial score (nSPS) is 20.2. The Morgan fingerprint density at radius 3 is 2.60 bits per heavy atom. The molecule has 1 aliphatic rings. The SMILES string of the molecule is Cc1ccc(-c2cc(NC[C@@H]3CCCC[C@@H]3C(=O)O)nc(C)n2)cc1. The first kappa shape index (κ1) is 17.4. The van der Waals surface area contributed by atoms with Crippen LogP contribution in [0, 0.1) is 25.7 Å². The maximum absolute atomic E-state index is 11.4. The van der Waals surface area contributed by atoms with Crippen molar-refractivity contribution in [3.8, 4) is 11.3 Å². The average molecular weight is 339 g/mol. The molecule has 2 N–H and O–H groups in total. The summed E-state index contributed by atoms with van der Waals surface area (Å²) in [5.74, 6) is 0.701. The zero-order valence-electron chi connectivity index (χ0n) is 14.8. The monoisotopic (exact) mass is 339 g/mol. The van der Waals surface area contributed by atoms with Crippen LogP contribution in [0.3, 0.4) is 0 Å². The third-order valence-corrected chi connectivity index (χ3v) is 4.96. The molecule has 5 heteroatoms. The summed E-state index contributed by atoms with van der Waals surface area (Å²) in [6.45, 7) is 4.58. The summed E-state index contributed by atoms with van der Waals surface area (Å²) in [5, 5.41) is 12.8. The van der Waals surface area contributed by atoms with E-state index in [9.17, 15) is 9.90 Å². The van der Waals surface area contributed by atoms with Crippen molar-refractivity contribution in [2.45, 2.75) is 39.5 Å². The van der Waals surface area contributed by atoms with E-state index in [0.29, 0.717) is 12.4 Å². The molecule has 132 valence electrons. The van der Waals surface area contributed by atoms with Gasteiger partial charge in [0.1, 0.15) is 11.6 Å². The van der Waals surface area contributed by atoms with Gasteiger partial charge >= 0.3 is 5.97 Å². The Labute approximate surface area is 148 Å². The lowest BCUT2D eigenvalue weighted by Crippen LogP contribution is -2.32. The topological polar surface area (TPSA) is 75.1 Å². The summed E-state index contributed by atoms with van der Waals surface area (Å²) in [6.07, 6.45) is 3.85. The lowest BCUT2D eigenvalue weighted by Gasteiger charge is -2.28. The fraction of sp³-hybridized carbons (Fsp3) is 0.450. The van der Waals surface area contributed by atoms with Crippen LogP contribution >= 0.6 is 0 Å². The minimum Gasteiger partial charge on any atom is -0.481 e. The number of aliphatic carboxylic acids is 1. The Bertz CT molecular complexity index is 743. The molecule has 1 aromatic carbocycles. The van der Waals surface area contributed by atoms with Gasteiger partial charge in [0.15, 0.2) is 0 Å². The molecular formula is C20H25N3O2. The first-order chi connectivity index (χ1) is 12.0. The van der Waals surface area contributed by atoms with E-state index < -0.39 is 5.97 Å². The smallest absolute Gasteiger partial charge is 0.306 e. The number of aryl methyl sites for hydroxylation is 2. The van der Waals surface area contributed by atoms with Crippen molar-refractivity contribution in [3.05, 3.63) is 41.7 Å². The molecule has 1 aromatic heterocycles. The maximum Gasteiger partial charge on any atom is 0.306 e. The fourth-order valence-electron chi connectivity index (χ4n) is 3.54. The molecule has 25 heavy (non-hydrogen) atoms. The summed E-state index contributed by atoms with van der Waals surface area (Å²) in [5.41, 5.74) is 3.15. The molecule has 0 aliphatic heterocycles. The van der Waals surface area contributed by atoms with Crippen LogP contribution in [0.4, 0.5) is 5.82 Å². The summed E-state index contributed by atoms with van der Waals surface area (Å²) < 4.78 is 0. The molecule has 0 saturated heterocycles. The highest BCUT2D eigenvalue weighted by Crippen LogP contribution is 2.30. The van der Waals surface area contributed by atoms with Gasteiger partial charge < -0.3 is 10.4 Å². The largest absolute Gasteiger partial charge is 0.481 e. The second kappa shape index (κ2) is 7.64. The number of hydrogen-bond donors (Lipinski definition) is 2. The molecular weight excluding hydrogens is 314 g/mol. The van der Waals surface area contributed by atoms with Crippen molar-refractivity contribution in [2.75, 3.05) is 11.9 Å². The van der Waals surface area contributed by atoms with Crippen molar-refractivity contribution in [1.82, 2.24) is 9.97 Å². The van der Waals surface area contributed by atoms with Gasteiger partial charge in [0.25, 0.3) is 0 Å². The zero-order valence-corrected chi connectivity index (χ0v) is 14.8. The van der Waals surface area contributed by atoms with Gasteiger partial charge in [-0.15, -0.1) is 0 Å². The predicted molar refractivity (Wildman–Crippen MR) is 98.5 cm³/mol. The van der Waals surface area contributed by atoms with E-state index in [4.69, 9.17) is 0 Å². The van der Waals surface area contributed by atoms with Gasteiger partial charge in [0, 0.05) is 18.2 Å². The minimum absolute atomic E-state index is 0.157. The molecule has 2 aromatic rings. The van der Waals surface area contributed by atoms with Crippen LogP contribution in [0.25, 0.3) is 11.3 Å². The Hall–Kier alpha value is -2.43. The van der Waals surface area contributed by atoms with Gasteiger partial charge in [0.05, 0.1) is 11.6 Å². The number of benzene rings is 1. The molecule has 2 atom stereocenters. The van der Waals surface area contributed by atoms with E-state index in [1.807, 2.05) is 13.0 Å². The molecule has 1 fully saturated rings. The zero-order chi connectivity index (χ0) is 17.8. The van der Waals surface area contributed by atoms with Gasteiger partial charge in [0.2, 0.25) is 0 Å². The Morgan fingerprint density at radius 1 is 1.16 bits per heavy atom. The maximum atomic E-state index is 11.4. The highest BCUT2D eigenvalue weighted by Gasteiger charge is 2.30. The number of anilines is 1. The van der Waals surface area contributed by atoms with Crippen molar-refractivity contribution >= 4 is 11.8 Å². The average Bonchev–Trinajstić information content (AvgIpc) is 2.60. The molecule has 0 radical (unpaired) electrons. The summed E-state index contributed by atoms with van der Waals surface area (Å²) in [7, 11) is 0. The summed E-state index contributed by atoms with van der Waals surface area (Å²) >= 11 is 0. The molecule has 0 spiro atoms. The molecule has 1 saturated carbocycles. The Balaban J connectivity index is 1.74. The molecule has 0 unspecified atom stereocenters. The number of hydrogen-bond acceptors (Lipinski definition) is 4.